The molecule has 38 heavy (non-hydrogen) atoms. The average Bonchev–Trinajstić information content (AvgIpc) is 3.34. The molecule has 1 aliphatic heterocycles. The predicted octanol–water partition coefficient (Wildman–Crippen LogP) is 3.14. The highest BCUT2D eigenvalue weighted by molar-refractivity contribution is 5.85. The Labute approximate surface area is 219 Å². The van der Waals surface area contributed by atoms with E-state index in [9.17, 15) is 14.0 Å². The fraction of sp³-hybridized carbons (Fsp3) is 0.423. The van der Waals surface area contributed by atoms with Gasteiger partial charge in [-0.25, -0.2) is 19.3 Å². The van der Waals surface area contributed by atoms with E-state index < -0.39 is 28.9 Å². The number of aromatic amines is 1. The van der Waals surface area contributed by atoms with E-state index in [0.717, 1.165) is 6.42 Å². The molecule has 1 amide bonds. The predicted molar refractivity (Wildman–Crippen MR) is 136 cm³/mol. The number of benzene rings is 1. The number of anilines is 1. The van der Waals surface area contributed by atoms with Gasteiger partial charge in [0.15, 0.2) is 5.82 Å². The van der Waals surface area contributed by atoms with Crippen molar-refractivity contribution in [1.82, 2.24) is 19.9 Å². The fourth-order valence-corrected chi connectivity index (χ4v) is 3.83. The first kappa shape index (κ1) is 27.1. The molecule has 2 aromatic heterocycles. The first-order valence-electron chi connectivity index (χ1n) is 12.3. The summed E-state index contributed by atoms with van der Waals surface area (Å²) in [5.41, 5.74) is 6.38. The number of rotatable bonds is 9. The number of nitrogens with one attached hydrogen (secondary N) is 2. The van der Waals surface area contributed by atoms with Gasteiger partial charge in [0.25, 0.3) is 5.91 Å². The van der Waals surface area contributed by atoms with Crippen molar-refractivity contribution in [2.45, 2.75) is 46.0 Å². The summed E-state index contributed by atoms with van der Waals surface area (Å²) in [6.45, 7) is 7.36. The van der Waals surface area contributed by atoms with Crippen molar-refractivity contribution >= 4 is 17.8 Å². The Bertz CT molecular complexity index is 1300. The van der Waals surface area contributed by atoms with Crippen LogP contribution >= 0.6 is 0 Å². The average molecular weight is 527 g/mol. The lowest BCUT2D eigenvalue weighted by molar-refractivity contribution is -0.294. The number of hydrogen-bond donors (Lipinski definition) is 3. The molecule has 12 heteroatoms. The molecule has 0 saturated carbocycles. The zero-order valence-corrected chi connectivity index (χ0v) is 21.7. The van der Waals surface area contributed by atoms with E-state index in [1.54, 1.807) is 45.2 Å². The first-order valence-corrected chi connectivity index (χ1v) is 12.3. The molecular weight excluding hydrogens is 495 g/mol. The molecule has 3 heterocycles. The van der Waals surface area contributed by atoms with Gasteiger partial charge in [-0.1, -0.05) is 6.92 Å². The summed E-state index contributed by atoms with van der Waals surface area (Å²) in [5.74, 6) is -3.65. The Balaban J connectivity index is 1.77. The molecule has 1 aliphatic rings. The second-order valence-electron chi connectivity index (χ2n) is 9.58. The summed E-state index contributed by atoms with van der Waals surface area (Å²) in [4.78, 5) is 41.9. The number of H-pyrrole nitrogens is 1. The molecular formula is C26H31FN6O5. The van der Waals surface area contributed by atoms with Crippen LogP contribution in [0.3, 0.4) is 0 Å². The highest BCUT2D eigenvalue weighted by Gasteiger charge is 2.54. The standard InChI is InChI=1S/C26H31FN6O5/c1-5-11-29-24-30-12-10-18(31-24)20-19(16-6-8-17(27)9-7-16)32-22(33-20)26(21(28)34)36-13-25(4,14-37-26)23(35)38-15(2)3/h6-10,12,15H,5,11,13-14H2,1-4H3,(H2,28,34)(H,32,33)(H,29,30,31). The number of primary amides is 1. The van der Waals surface area contributed by atoms with Crippen LogP contribution in [-0.4, -0.2) is 57.7 Å². The van der Waals surface area contributed by atoms with Gasteiger partial charge >= 0.3 is 11.8 Å². The van der Waals surface area contributed by atoms with Gasteiger partial charge < -0.3 is 30.2 Å². The highest BCUT2D eigenvalue weighted by Crippen LogP contribution is 2.39. The lowest BCUT2D eigenvalue weighted by Crippen LogP contribution is -2.56. The van der Waals surface area contributed by atoms with Crippen molar-refractivity contribution in [2.24, 2.45) is 11.1 Å². The van der Waals surface area contributed by atoms with Crippen LogP contribution in [0.15, 0.2) is 36.5 Å². The molecule has 1 saturated heterocycles. The molecule has 0 unspecified atom stereocenters. The molecule has 0 bridgehead atoms. The van der Waals surface area contributed by atoms with E-state index >= 15 is 0 Å². The third-order valence-electron chi connectivity index (χ3n) is 5.93. The first-order chi connectivity index (χ1) is 18.1. The number of amides is 1. The topological polar surface area (TPSA) is 154 Å². The lowest BCUT2D eigenvalue weighted by atomic mass is 9.91. The molecule has 4 N–H and O–H groups in total. The normalized spacial score (nSPS) is 21.3. The van der Waals surface area contributed by atoms with Gasteiger partial charge in [0.05, 0.1) is 36.4 Å². The summed E-state index contributed by atoms with van der Waals surface area (Å²) >= 11 is 0. The van der Waals surface area contributed by atoms with Crippen molar-refractivity contribution in [1.29, 1.82) is 0 Å². The Morgan fingerprint density at radius 3 is 2.47 bits per heavy atom. The molecule has 0 atom stereocenters. The minimum absolute atomic E-state index is 0.0414. The largest absolute Gasteiger partial charge is 0.462 e. The van der Waals surface area contributed by atoms with Crippen molar-refractivity contribution in [2.75, 3.05) is 25.1 Å². The van der Waals surface area contributed by atoms with Crippen LogP contribution in [0.25, 0.3) is 22.6 Å². The number of carbonyl (C=O) groups excluding carboxylic acids is 2. The van der Waals surface area contributed by atoms with E-state index in [4.69, 9.17) is 19.9 Å². The maximum atomic E-state index is 13.7. The summed E-state index contributed by atoms with van der Waals surface area (Å²) in [5, 5.41) is 3.13. The number of ether oxygens (including phenoxy) is 3. The molecule has 0 aliphatic carbocycles. The minimum atomic E-state index is -2.11. The Hall–Kier alpha value is -3.90. The smallest absolute Gasteiger partial charge is 0.316 e. The van der Waals surface area contributed by atoms with Crippen LogP contribution in [0.1, 0.15) is 39.9 Å². The van der Waals surface area contributed by atoms with Crippen LogP contribution in [0.2, 0.25) is 0 Å². The SMILES string of the molecule is CCCNc1nccc(-c2[nH]c(C3(C(N)=O)OCC(C)(C(=O)OC(C)C)CO3)nc2-c2ccc(F)cc2)n1. The van der Waals surface area contributed by atoms with Gasteiger partial charge in [-0.2, -0.15) is 0 Å². The Morgan fingerprint density at radius 1 is 1.18 bits per heavy atom. The second kappa shape index (κ2) is 10.8. The van der Waals surface area contributed by atoms with Gasteiger partial charge in [0, 0.05) is 18.3 Å². The fourth-order valence-electron chi connectivity index (χ4n) is 3.83. The van der Waals surface area contributed by atoms with Gasteiger partial charge in [0.2, 0.25) is 5.95 Å². The number of halogens is 1. The minimum Gasteiger partial charge on any atom is -0.462 e. The number of imidazole rings is 1. The maximum Gasteiger partial charge on any atom is 0.316 e. The number of hydrogen-bond acceptors (Lipinski definition) is 9. The van der Waals surface area contributed by atoms with Crippen LogP contribution in [0.5, 0.6) is 0 Å². The highest BCUT2D eigenvalue weighted by atomic mass is 19.1. The summed E-state index contributed by atoms with van der Waals surface area (Å²) in [6.07, 6.45) is 2.12. The zero-order chi connectivity index (χ0) is 27.5. The van der Waals surface area contributed by atoms with E-state index in [0.29, 0.717) is 35.1 Å². The van der Waals surface area contributed by atoms with Gasteiger partial charge in [0.1, 0.15) is 11.2 Å². The van der Waals surface area contributed by atoms with Crippen LogP contribution in [0, 0.1) is 11.2 Å². The number of aromatic nitrogens is 4. The van der Waals surface area contributed by atoms with E-state index in [-0.39, 0.29) is 25.1 Å². The number of nitrogens with two attached hydrogens (primary N) is 1. The zero-order valence-electron chi connectivity index (χ0n) is 21.7. The monoisotopic (exact) mass is 526 g/mol. The molecule has 11 nitrogen and oxygen atoms in total. The van der Waals surface area contributed by atoms with E-state index in [1.165, 1.54) is 12.1 Å². The van der Waals surface area contributed by atoms with Crippen molar-refractivity contribution in [3.8, 4) is 22.6 Å². The molecule has 202 valence electrons. The Morgan fingerprint density at radius 2 is 1.87 bits per heavy atom. The van der Waals surface area contributed by atoms with Gasteiger partial charge in [-0.3, -0.25) is 9.59 Å². The van der Waals surface area contributed by atoms with Gasteiger partial charge in [-0.15, -0.1) is 0 Å². The maximum absolute atomic E-state index is 13.7. The van der Waals surface area contributed by atoms with Crippen molar-refractivity contribution < 1.29 is 28.2 Å². The number of esters is 1. The van der Waals surface area contributed by atoms with Crippen LogP contribution < -0.4 is 11.1 Å². The van der Waals surface area contributed by atoms with E-state index in [2.05, 4.69) is 25.3 Å². The van der Waals surface area contributed by atoms with Crippen LogP contribution in [-0.2, 0) is 29.6 Å². The Kier molecular flexibility index (Phi) is 7.74. The second-order valence-corrected chi connectivity index (χ2v) is 9.58. The third kappa shape index (κ3) is 5.36. The van der Waals surface area contributed by atoms with Crippen molar-refractivity contribution in [3.63, 3.8) is 0 Å². The molecule has 1 fully saturated rings. The molecule has 4 rings (SSSR count). The number of carbonyl (C=O) groups is 2. The van der Waals surface area contributed by atoms with Crippen molar-refractivity contribution in [3.05, 3.63) is 48.2 Å². The van der Waals surface area contributed by atoms with Gasteiger partial charge in [-0.05, 0) is 57.5 Å². The molecule has 0 spiro atoms. The molecule has 1 aromatic carbocycles. The quantitative estimate of drug-likeness (QED) is 0.357. The summed E-state index contributed by atoms with van der Waals surface area (Å²) < 4.78 is 30.7. The molecule has 3 aromatic rings. The summed E-state index contributed by atoms with van der Waals surface area (Å²) in [6, 6.07) is 7.36. The number of nitrogens with zero attached hydrogens (tertiary/aromatic N) is 3. The third-order valence-corrected chi connectivity index (χ3v) is 5.93. The van der Waals surface area contributed by atoms with E-state index in [1.807, 2.05) is 6.92 Å². The van der Waals surface area contributed by atoms with Crippen LogP contribution in [0.4, 0.5) is 10.3 Å². The summed E-state index contributed by atoms with van der Waals surface area (Å²) in [7, 11) is 0. The molecule has 0 radical (unpaired) electrons. The lowest BCUT2D eigenvalue weighted by Gasteiger charge is -2.40.